The number of nitrogens with zero attached hydrogens (tertiary/aromatic N) is 3. The number of rotatable bonds is 5. The Labute approximate surface area is 148 Å². The summed E-state index contributed by atoms with van der Waals surface area (Å²) in [4.78, 5) is 14.5. The number of aromatic nitrogens is 2. The van der Waals surface area contributed by atoms with Crippen molar-refractivity contribution in [2.45, 2.75) is 32.7 Å². The van der Waals surface area contributed by atoms with Crippen molar-refractivity contribution >= 4 is 11.6 Å². The molecule has 25 heavy (non-hydrogen) atoms. The largest absolute Gasteiger partial charge is 0.484 e. The first-order valence-electron chi connectivity index (χ1n) is 8.74. The molecule has 1 aliphatic rings. The molecule has 3 rings (SSSR count). The number of hydrogen-bond donors (Lipinski definition) is 1. The lowest BCUT2D eigenvalue weighted by molar-refractivity contribution is -0.123. The first-order valence-corrected chi connectivity index (χ1v) is 8.74. The predicted octanol–water partition coefficient (Wildman–Crippen LogP) is 2.20. The van der Waals surface area contributed by atoms with Gasteiger partial charge >= 0.3 is 0 Å². The van der Waals surface area contributed by atoms with E-state index in [-0.39, 0.29) is 18.6 Å². The Balaban J connectivity index is 1.49. The second-order valence-corrected chi connectivity index (χ2v) is 6.76. The highest BCUT2D eigenvalue weighted by Crippen LogP contribution is 2.19. The summed E-state index contributed by atoms with van der Waals surface area (Å²) < 4.78 is 7.42. The van der Waals surface area contributed by atoms with Crippen molar-refractivity contribution < 1.29 is 9.53 Å². The molecule has 1 N–H and O–H groups in total. The van der Waals surface area contributed by atoms with E-state index in [2.05, 4.69) is 22.2 Å². The van der Waals surface area contributed by atoms with Gasteiger partial charge in [-0.1, -0.05) is 6.07 Å². The van der Waals surface area contributed by atoms with Gasteiger partial charge in [0.25, 0.3) is 5.91 Å². The minimum atomic E-state index is -0.0729. The molecule has 1 aliphatic heterocycles. The molecule has 1 saturated heterocycles. The van der Waals surface area contributed by atoms with Crippen LogP contribution in [0.3, 0.4) is 0 Å². The lowest BCUT2D eigenvalue weighted by Crippen LogP contribution is -2.48. The number of anilines is 1. The fourth-order valence-electron chi connectivity index (χ4n) is 3.12. The molecule has 1 aromatic carbocycles. The summed E-state index contributed by atoms with van der Waals surface area (Å²) in [6.45, 7) is 5.95. The molecule has 6 heteroatoms. The molecule has 1 atom stereocenters. The molecule has 1 aromatic heterocycles. The van der Waals surface area contributed by atoms with E-state index in [9.17, 15) is 4.79 Å². The molecule has 0 radical (unpaired) electrons. The third-order valence-electron chi connectivity index (χ3n) is 4.69. The van der Waals surface area contributed by atoms with Gasteiger partial charge < -0.3 is 15.0 Å². The number of hydrogen-bond acceptors (Lipinski definition) is 4. The molecule has 134 valence electrons. The van der Waals surface area contributed by atoms with E-state index in [0.29, 0.717) is 0 Å². The zero-order valence-electron chi connectivity index (χ0n) is 15.2. The fraction of sp³-hybridized carbons (Fsp3) is 0.474. The number of ether oxygens (including phenoxy) is 1. The third-order valence-corrected chi connectivity index (χ3v) is 4.69. The standard InChI is InChI=1S/C19H26N4O2/c1-14-6-7-18(9-15(14)2)25-13-19(24)21-16-5-4-8-23(11-16)17-10-20-22(3)12-17/h6-7,9-10,12,16H,4-5,8,11,13H2,1-3H3,(H,21,24)/t16-/m0/s1. The van der Waals surface area contributed by atoms with Gasteiger partial charge in [0.1, 0.15) is 5.75 Å². The van der Waals surface area contributed by atoms with Gasteiger partial charge in [0.05, 0.1) is 11.9 Å². The van der Waals surface area contributed by atoms with Gasteiger partial charge in [0.2, 0.25) is 0 Å². The first-order chi connectivity index (χ1) is 12.0. The van der Waals surface area contributed by atoms with Crippen LogP contribution in [0.1, 0.15) is 24.0 Å². The average molecular weight is 342 g/mol. The highest BCUT2D eigenvalue weighted by Gasteiger charge is 2.22. The number of nitrogens with one attached hydrogen (secondary N) is 1. The Morgan fingerprint density at radius 1 is 1.36 bits per heavy atom. The Morgan fingerprint density at radius 2 is 2.20 bits per heavy atom. The van der Waals surface area contributed by atoms with E-state index in [1.54, 1.807) is 4.68 Å². The molecule has 0 unspecified atom stereocenters. The first kappa shape index (κ1) is 17.3. The maximum Gasteiger partial charge on any atom is 0.258 e. The zero-order valence-corrected chi connectivity index (χ0v) is 15.2. The Bertz CT molecular complexity index is 741. The van der Waals surface area contributed by atoms with Crippen molar-refractivity contribution in [2.24, 2.45) is 7.05 Å². The minimum Gasteiger partial charge on any atom is -0.484 e. The van der Waals surface area contributed by atoms with E-state index in [0.717, 1.165) is 42.9 Å². The molecule has 1 fully saturated rings. The highest BCUT2D eigenvalue weighted by molar-refractivity contribution is 5.78. The monoisotopic (exact) mass is 342 g/mol. The molecule has 2 heterocycles. The van der Waals surface area contributed by atoms with E-state index < -0.39 is 0 Å². The predicted molar refractivity (Wildman–Crippen MR) is 98.0 cm³/mol. The van der Waals surface area contributed by atoms with Gasteiger partial charge in [-0.2, -0.15) is 5.10 Å². The summed E-state index contributed by atoms with van der Waals surface area (Å²) in [6, 6.07) is 6.02. The number of benzene rings is 1. The number of carbonyl (C=O) groups is 1. The summed E-state index contributed by atoms with van der Waals surface area (Å²) >= 11 is 0. The molecule has 1 amide bonds. The summed E-state index contributed by atoms with van der Waals surface area (Å²) in [6.07, 6.45) is 5.92. The highest BCUT2D eigenvalue weighted by atomic mass is 16.5. The lowest BCUT2D eigenvalue weighted by atomic mass is 10.1. The van der Waals surface area contributed by atoms with Crippen LogP contribution in [-0.4, -0.2) is 41.4 Å². The van der Waals surface area contributed by atoms with Crippen molar-refractivity contribution in [3.63, 3.8) is 0 Å². The van der Waals surface area contributed by atoms with Crippen molar-refractivity contribution in [3.8, 4) is 5.75 Å². The summed E-state index contributed by atoms with van der Waals surface area (Å²) in [7, 11) is 1.91. The molecule has 2 aromatic rings. The van der Waals surface area contributed by atoms with Crippen LogP contribution >= 0.6 is 0 Å². The second-order valence-electron chi connectivity index (χ2n) is 6.76. The smallest absolute Gasteiger partial charge is 0.258 e. The Morgan fingerprint density at radius 3 is 2.92 bits per heavy atom. The van der Waals surface area contributed by atoms with Crippen LogP contribution < -0.4 is 15.0 Å². The minimum absolute atomic E-state index is 0.0475. The molecular formula is C19H26N4O2. The fourth-order valence-corrected chi connectivity index (χ4v) is 3.12. The average Bonchev–Trinajstić information content (AvgIpc) is 3.03. The molecule has 0 aliphatic carbocycles. The van der Waals surface area contributed by atoms with Gasteiger partial charge in [-0.15, -0.1) is 0 Å². The van der Waals surface area contributed by atoms with Crippen LogP contribution in [0.5, 0.6) is 5.75 Å². The van der Waals surface area contributed by atoms with Gasteiger partial charge in [-0.25, -0.2) is 0 Å². The van der Waals surface area contributed by atoms with Gasteiger partial charge in [0.15, 0.2) is 6.61 Å². The van der Waals surface area contributed by atoms with E-state index in [1.807, 2.05) is 44.6 Å². The molecule has 0 spiro atoms. The topological polar surface area (TPSA) is 59.4 Å². The Hall–Kier alpha value is -2.50. The van der Waals surface area contributed by atoms with Crippen LogP contribution in [0, 0.1) is 13.8 Å². The normalized spacial score (nSPS) is 17.4. The van der Waals surface area contributed by atoms with Gasteiger partial charge in [0, 0.05) is 32.4 Å². The third kappa shape index (κ3) is 4.53. The second kappa shape index (κ2) is 7.59. The van der Waals surface area contributed by atoms with Crippen LogP contribution in [0.15, 0.2) is 30.6 Å². The Kier molecular flexibility index (Phi) is 5.26. The molecule has 6 nitrogen and oxygen atoms in total. The van der Waals surface area contributed by atoms with Crippen LogP contribution in [-0.2, 0) is 11.8 Å². The maximum atomic E-state index is 12.2. The van der Waals surface area contributed by atoms with Crippen molar-refractivity contribution in [1.82, 2.24) is 15.1 Å². The number of carbonyl (C=O) groups excluding carboxylic acids is 1. The van der Waals surface area contributed by atoms with Crippen LogP contribution in [0.4, 0.5) is 5.69 Å². The van der Waals surface area contributed by atoms with Crippen molar-refractivity contribution in [3.05, 3.63) is 41.7 Å². The SMILES string of the molecule is Cc1ccc(OCC(=O)N[C@H]2CCCN(c3cnn(C)c3)C2)cc1C. The molecule has 0 saturated carbocycles. The summed E-state index contributed by atoms with van der Waals surface area (Å²) in [5, 5.41) is 7.31. The van der Waals surface area contributed by atoms with Crippen LogP contribution in [0.25, 0.3) is 0 Å². The zero-order chi connectivity index (χ0) is 17.8. The van der Waals surface area contributed by atoms with E-state index in [4.69, 9.17) is 4.74 Å². The number of amides is 1. The lowest BCUT2D eigenvalue weighted by Gasteiger charge is -2.33. The van der Waals surface area contributed by atoms with Gasteiger partial charge in [-0.3, -0.25) is 9.48 Å². The molecular weight excluding hydrogens is 316 g/mol. The quantitative estimate of drug-likeness (QED) is 0.905. The van der Waals surface area contributed by atoms with Gasteiger partial charge in [-0.05, 0) is 49.9 Å². The van der Waals surface area contributed by atoms with Crippen molar-refractivity contribution in [2.75, 3.05) is 24.6 Å². The van der Waals surface area contributed by atoms with Crippen molar-refractivity contribution in [1.29, 1.82) is 0 Å². The van der Waals surface area contributed by atoms with E-state index in [1.165, 1.54) is 5.56 Å². The number of aryl methyl sites for hydroxylation is 3. The van der Waals surface area contributed by atoms with Crippen LogP contribution in [0.2, 0.25) is 0 Å². The number of piperidine rings is 1. The van der Waals surface area contributed by atoms with E-state index >= 15 is 0 Å². The maximum absolute atomic E-state index is 12.2. The molecule has 0 bridgehead atoms. The summed E-state index contributed by atoms with van der Waals surface area (Å²) in [5.74, 6) is 0.662. The summed E-state index contributed by atoms with van der Waals surface area (Å²) in [5.41, 5.74) is 3.49.